The van der Waals surface area contributed by atoms with Gasteiger partial charge >= 0.3 is 6.09 Å². The van der Waals surface area contributed by atoms with Crippen LogP contribution in [0.5, 0.6) is 0 Å². The number of hydrogen-bond donors (Lipinski definition) is 1. The zero-order valence-corrected chi connectivity index (χ0v) is 10.7. The van der Waals surface area contributed by atoms with Crippen molar-refractivity contribution in [3.8, 4) is 0 Å². The summed E-state index contributed by atoms with van der Waals surface area (Å²) >= 11 is 0. The molecule has 1 heterocycles. The van der Waals surface area contributed by atoms with Crippen LogP contribution in [0, 0.1) is 5.92 Å². The lowest BCUT2D eigenvalue weighted by atomic mass is 9.93. The summed E-state index contributed by atoms with van der Waals surface area (Å²) in [6.07, 6.45) is 0.893. The van der Waals surface area contributed by atoms with Gasteiger partial charge in [0.05, 0.1) is 0 Å². The second-order valence-electron chi connectivity index (χ2n) is 5.37. The topological polar surface area (TPSA) is 66.8 Å². The number of likely N-dealkylation sites (tertiary alicyclic amines) is 1. The van der Waals surface area contributed by atoms with Gasteiger partial charge in [-0.05, 0) is 33.6 Å². The van der Waals surface area contributed by atoms with Crippen LogP contribution in [0.1, 0.15) is 33.6 Å². The van der Waals surface area contributed by atoms with Gasteiger partial charge in [-0.15, -0.1) is 0 Å². The predicted octanol–water partition coefficient (Wildman–Crippen LogP) is 1.19. The molecule has 0 spiro atoms. The van der Waals surface area contributed by atoms with Crippen LogP contribution in [0.2, 0.25) is 0 Å². The highest BCUT2D eigenvalue weighted by atomic mass is 16.6. The minimum absolute atomic E-state index is 0.112. The Hall–Kier alpha value is -1.10. The van der Waals surface area contributed by atoms with Gasteiger partial charge in [0.15, 0.2) is 5.78 Å². The number of piperidine rings is 1. The summed E-state index contributed by atoms with van der Waals surface area (Å²) in [7, 11) is 0. The van der Waals surface area contributed by atoms with Gasteiger partial charge in [0.1, 0.15) is 12.2 Å². The van der Waals surface area contributed by atoms with Crippen LogP contribution in [-0.2, 0) is 9.53 Å². The van der Waals surface area contributed by atoms with Gasteiger partial charge < -0.3 is 14.7 Å². The highest BCUT2D eigenvalue weighted by Crippen LogP contribution is 2.20. The van der Waals surface area contributed by atoms with E-state index in [1.807, 2.05) is 20.8 Å². The molecule has 5 heteroatoms. The lowest BCUT2D eigenvalue weighted by Gasteiger charge is -2.32. The van der Waals surface area contributed by atoms with Gasteiger partial charge in [-0.1, -0.05) is 0 Å². The summed E-state index contributed by atoms with van der Waals surface area (Å²) in [6.45, 7) is 6.11. The third kappa shape index (κ3) is 4.34. The van der Waals surface area contributed by atoms with Crippen molar-refractivity contribution in [2.75, 3.05) is 19.7 Å². The van der Waals surface area contributed by atoms with Crippen LogP contribution in [-0.4, -0.2) is 47.2 Å². The van der Waals surface area contributed by atoms with Crippen LogP contribution in [0.4, 0.5) is 4.79 Å². The highest BCUT2D eigenvalue weighted by molar-refractivity contribution is 5.82. The number of aliphatic hydroxyl groups is 1. The first-order valence-corrected chi connectivity index (χ1v) is 5.95. The first-order valence-electron chi connectivity index (χ1n) is 5.95. The van der Waals surface area contributed by atoms with E-state index in [9.17, 15) is 9.59 Å². The lowest BCUT2D eigenvalue weighted by molar-refractivity contribution is -0.127. The Labute approximate surface area is 102 Å². The van der Waals surface area contributed by atoms with E-state index in [2.05, 4.69) is 0 Å². The van der Waals surface area contributed by atoms with Crippen LogP contribution in [0.15, 0.2) is 0 Å². The number of amides is 1. The molecule has 0 atom stereocenters. The maximum absolute atomic E-state index is 11.7. The van der Waals surface area contributed by atoms with E-state index in [-0.39, 0.29) is 17.8 Å². The van der Waals surface area contributed by atoms with E-state index in [0.717, 1.165) is 0 Å². The molecule has 1 amide bonds. The molecule has 1 aliphatic rings. The van der Waals surface area contributed by atoms with Crippen molar-refractivity contribution < 1.29 is 19.4 Å². The van der Waals surface area contributed by atoms with Crippen molar-refractivity contribution in [2.24, 2.45) is 5.92 Å². The molecule has 0 aromatic heterocycles. The predicted molar refractivity (Wildman–Crippen MR) is 62.6 cm³/mol. The second-order valence-corrected chi connectivity index (χ2v) is 5.37. The van der Waals surface area contributed by atoms with Crippen molar-refractivity contribution in [3.63, 3.8) is 0 Å². The van der Waals surface area contributed by atoms with Crippen LogP contribution in [0.3, 0.4) is 0 Å². The third-order valence-electron chi connectivity index (χ3n) is 2.76. The number of hydrogen-bond acceptors (Lipinski definition) is 4. The number of carbonyl (C=O) groups is 2. The zero-order valence-electron chi connectivity index (χ0n) is 10.7. The van der Waals surface area contributed by atoms with E-state index in [0.29, 0.717) is 25.9 Å². The molecule has 1 aliphatic heterocycles. The summed E-state index contributed by atoms with van der Waals surface area (Å²) in [4.78, 5) is 24.6. The molecular weight excluding hydrogens is 222 g/mol. The molecule has 1 saturated heterocycles. The van der Waals surface area contributed by atoms with Gasteiger partial charge in [0.2, 0.25) is 0 Å². The summed E-state index contributed by atoms with van der Waals surface area (Å²) < 4.78 is 5.25. The number of ketones is 1. The molecule has 0 aromatic rings. The molecular formula is C12H21NO4. The van der Waals surface area contributed by atoms with Gasteiger partial charge in [-0.2, -0.15) is 0 Å². The van der Waals surface area contributed by atoms with Crippen molar-refractivity contribution in [1.82, 2.24) is 4.90 Å². The van der Waals surface area contributed by atoms with E-state index >= 15 is 0 Å². The largest absolute Gasteiger partial charge is 0.444 e. The molecule has 0 bridgehead atoms. The fourth-order valence-corrected chi connectivity index (χ4v) is 1.84. The molecule has 0 unspecified atom stereocenters. The van der Waals surface area contributed by atoms with Crippen molar-refractivity contribution >= 4 is 11.9 Å². The van der Waals surface area contributed by atoms with E-state index in [4.69, 9.17) is 9.84 Å². The Kier molecular flexibility index (Phi) is 4.51. The Morgan fingerprint density at radius 1 is 1.29 bits per heavy atom. The standard InChI is InChI=1S/C12H21NO4/c1-12(2,3)17-11(16)13-6-4-9(5-7-13)10(15)8-14/h9,14H,4-8H2,1-3H3. The lowest BCUT2D eigenvalue weighted by Crippen LogP contribution is -2.43. The fourth-order valence-electron chi connectivity index (χ4n) is 1.84. The van der Waals surface area contributed by atoms with Crippen molar-refractivity contribution in [3.05, 3.63) is 0 Å². The Bertz CT molecular complexity index is 287. The molecule has 0 saturated carbocycles. The number of rotatable bonds is 2. The first kappa shape index (κ1) is 14.0. The Balaban J connectivity index is 2.42. The minimum atomic E-state index is -0.491. The summed E-state index contributed by atoms with van der Waals surface area (Å²) in [5, 5.41) is 8.76. The van der Waals surface area contributed by atoms with E-state index < -0.39 is 12.2 Å². The van der Waals surface area contributed by atoms with Gasteiger partial charge in [-0.25, -0.2) is 4.79 Å². The molecule has 5 nitrogen and oxygen atoms in total. The number of carbonyl (C=O) groups excluding carboxylic acids is 2. The first-order chi connectivity index (χ1) is 7.83. The number of aliphatic hydroxyl groups excluding tert-OH is 1. The summed E-state index contributed by atoms with van der Waals surface area (Å²) in [5.41, 5.74) is -0.491. The summed E-state index contributed by atoms with van der Waals surface area (Å²) in [6, 6.07) is 0. The number of Topliss-reactive ketones (excluding diaryl/α,β-unsaturated/α-hetero) is 1. The Morgan fingerprint density at radius 2 is 1.82 bits per heavy atom. The molecule has 0 aliphatic carbocycles. The fraction of sp³-hybridized carbons (Fsp3) is 0.833. The van der Waals surface area contributed by atoms with Crippen molar-refractivity contribution in [2.45, 2.75) is 39.2 Å². The molecule has 0 radical (unpaired) electrons. The van der Waals surface area contributed by atoms with Crippen LogP contribution in [0.25, 0.3) is 0 Å². The highest BCUT2D eigenvalue weighted by Gasteiger charge is 2.29. The van der Waals surface area contributed by atoms with Gasteiger partial charge in [0, 0.05) is 19.0 Å². The van der Waals surface area contributed by atoms with Crippen LogP contribution < -0.4 is 0 Å². The summed E-state index contributed by atoms with van der Waals surface area (Å²) in [5.74, 6) is -0.243. The maximum Gasteiger partial charge on any atom is 0.410 e. The normalized spacial score (nSPS) is 18.0. The van der Waals surface area contributed by atoms with Crippen molar-refractivity contribution in [1.29, 1.82) is 0 Å². The molecule has 98 valence electrons. The molecule has 1 N–H and O–H groups in total. The molecule has 1 fully saturated rings. The average molecular weight is 243 g/mol. The molecule has 0 aromatic carbocycles. The van der Waals surface area contributed by atoms with E-state index in [1.165, 1.54) is 0 Å². The zero-order chi connectivity index (χ0) is 13.1. The van der Waals surface area contributed by atoms with Gasteiger partial charge in [0.25, 0.3) is 0 Å². The quantitative estimate of drug-likeness (QED) is 0.791. The van der Waals surface area contributed by atoms with Gasteiger partial charge in [-0.3, -0.25) is 4.79 Å². The van der Waals surface area contributed by atoms with E-state index in [1.54, 1.807) is 4.90 Å². The average Bonchev–Trinajstić information content (AvgIpc) is 2.26. The SMILES string of the molecule is CC(C)(C)OC(=O)N1CCC(C(=O)CO)CC1. The van der Waals surface area contributed by atoms with Crippen LogP contribution >= 0.6 is 0 Å². The third-order valence-corrected chi connectivity index (χ3v) is 2.76. The number of nitrogens with zero attached hydrogens (tertiary/aromatic N) is 1. The smallest absolute Gasteiger partial charge is 0.410 e. The second kappa shape index (κ2) is 5.49. The number of ether oxygens (including phenoxy) is 1. The monoisotopic (exact) mass is 243 g/mol. The Morgan fingerprint density at radius 3 is 2.24 bits per heavy atom. The maximum atomic E-state index is 11.7. The molecule has 17 heavy (non-hydrogen) atoms. The minimum Gasteiger partial charge on any atom is -0.444 e. The molecule has 1 rings (SSSR count).